The maximum absolute atomic E-state index is 10.8. The van der Waals surface area contributed by atoms with E-state index >= 15 is 0 Å². The highest BCUT2D eigenvalue weighted by atomic mass is 32.1. The molecule has 1 aromatic carbocycles. The topological polar surface area (TPSA) is 50.1 Å². The van der Waals surface area contributed by atoms with Gasteiger partial charge in [0.05, 0.1) is 7.11 Å². The van der Waals surface area contributed by atoms with Gasteiger partial charge in [0.15, 0.2) is 0 Å². The van der Waals surface area contributed by atoms with E-state index in [-0.39, 0.29) is 0 Å². The summed E-state index contributed by atoms with van der Waals surface area (Å²) in [7, 11) is 1.58. The minimum atomic E-state index is 0.590. The number of hydrogen-bond acceptors (Lipinski definition) is 4. The van der Waals surface area contributed by atoms with Crippen molar-refractivity contribution < 1.29 is 9.53 Å². The van der Waals surface area contributed by atoms with E-state index in [9.17, 15) is 4.79 Å². The van der Waals surface area contributed by atoms with Gasteiger partial charge in [-0.2, -0.15) is 5.26 Å². The smallest absolute Gasteiger partial charge is 0.150 e. The van der Waals surface area contributed by atoms with Crippen LogP contribution in [0.25, 0.3) is 10.4 Å². The van der Waals surface area contributed by atoms with Gasteiger partial charge in [-0.05, 0) is 30.3 Å². The maximum Gasteiger partial charge on any atom is 0.150 e. The van der Waals surface area contributed by atoms with E-state index in [2.05, 4.69) is 6.07 Å². The van der Waals surface area contributed by atoms with Crippen LogP contribution in [-0.4, -0.2) is 13.4 Å². The molecule has 0 amide bonds. The fourth-order valence-corrected chi connectivity index (χ4v) is 2.36. The molecule has 0 bridgehead atoms. The van der Waals surface area contributed by atoms with Crippen molar-refractivity contribution in [2.75, 3.05) is 7.11 Å². The van der Waals surface area contributed by atoms with E-state index in [1.54, 1.807) is 31.4 Å². The molecule has 2 rings (SSSR count). The molecule has 0 fully saturated rings. The van der Waals surface area contributed by atoms with E-state index in [4.69, 9.17) is 10.00 Å². The normalized spacial score (nSPS) is 9.65. The number of nitriles is 1. The summed E-state index contributed by atoms with van der Waals surface area (Å²) in [6.07, 6.45) is 0.793. The summed E-state index contributed by atoms with van der Waals surface area (Å²) in [4.78, 5) is 12.3. The molecule has 0 saturated carbocycles. The molecule has 0 spiro atoms. The van der Waals surface area contributed by atoms with Crippen LogP contribution < -0.4 is 4.74 Å². The highest BCUT2D eigenvalue weighted by Gasteiger charge is 2.09. The molecule has 0 radical (unpaired) electrons. The molecule has 0 N–H and O–H groups in total. The second kappa shape index (κ2) is 4.81. The van der Waals surface area contributed by atoms with Gasteiger partial charge in [0.1, 0.15) is 23.0 Å². The molecule has 0 unspecified atom stereocenters. The number of aldehydes is 1. The number of carbonyl (C=O) groups is 1. The van der Waals surface area contributed by atoms with E-state index < -0.39 is 0 Å². The van der Waals surface area contributed by atoms with Crippen molar-refractivity contribution in [3.05, 3.63) is 40.8 Å². The van der Waals surface area contributed by atoms with Crippen LogP contribution >= 0.6 is 11.3 Å². The molecule has 0 saturated heterocycles. The number of nitrogens with zero attached hydrogens (tertiary/aromatic N) is 1. The first kappa shape index (κ1) is 11.4. The van der Waals surface area contributed by atoms with Crippen molar-refractivity contribution >= 4 is 17.6 Å². The lowest BCUT2D eigenvalue weighted by Crippen LogP contribution is -1.88. The van der Waals surface area contributed by atoms with Gasteiger partial charge >= 0.3 is 0 Å². The first-order valence-electron chi connectivity index (χ1n) is 4.92. The zero-order chi connectivity index (χ0) is 12.3. The molecule has 3 nitrogen and oxygen atoms in total. The fourth-order valence-electron chi connectivity index (χ4n) is 1.53. The van der Waals surface area contributed by atoms with Crippen molar-refractivity contribution in [3.63, 3.8) is 0 Å². The zero-order valence-electron chi connectivity index (χ0n) is 9.14. The number of hydrogen-bond donors (Lipinski definition) is 0. The Morgan fingerprint density at radius 2 is 2.18 bits per heavy atom. The molecular weight excluding hydrogens is 234 g/mol. The summed E-state index contributed by atoms with van der Waals surface area (Å²) in [5.41, 5.74) is 1.43. The largest absolute Gasteiger partial charge is 0.496 e. The van der Waals surface area contributed by atoms with Crippen LogP contribution in [-0.2, 0) is 0 Å². The average Bonchev–Trinajstić information content (AvgIpc) is 2.86. The Kier molecular flexibility index (Phi) is 3.22. The molecule has 0 aliphatic rings. The molecule has 0 atom stereocenters. The molecular formula is C13H9NO2S. The van der Waals surface area contributed by atoms with Gasteiger partial charge in [0.2, 0.25) is 0 Å². The second-order valence-electron chi connectivity index (χ2n) is 3.35. The summed E-state index contributed by atoms with van der Waals surface area (Å²) in [5, 5.41) is 8.80. The lowest BCUT2D eigenvalue weighted by molar-refractivity contribution is 0.112. The Morgan fingerprint density at radius 3 is 2.76 bits per heavy atom. The monoisotopic (exact) mass is 243 g/mol. The van der Waals surface area contributed by atoms with Gasteiger partial charge in [-0.15, -0.1) is 11.3 Å². The van der Waals surface area contributed by atoms with Gasteiger partial charge in [0.25, 0.3) is 0 Å². The summed E-state index contributed by atoms with van der Waals surface area (Å²) in [6.45, 7) is 0. The highest BCUT2D eigenvalue weighted by Crippen LogP contribution is 2.35. The molecule has 4 heteroatoms. The van der Waals surface area contributed by atoms with Gasteiger partial charge in [-0.25, -0.2) is 0 Å². The number of carbonyl (C=O) groups excluding carboxylic acids is 1. The molecule has 1 heterocycles. The van der Waals surface area contributed by atoms with Crippen molar-refractivity contribution in [1.82, 2.24) is 0 Å². The number of thiophene rings is 1. The first-order chi connectivity index (χ1) is 8.28. The number of benzene rings is 1. The quantitative estimate of drug-likeness (QED) is 0.778. The van der Waals surface area contributed by atoms with E-state index in [0.717, 1.165) is 16.7 Å². The van der Waals surface area contributed by atoms with E-state index in [1.165, 1.54) is 11.3 Å². The predicted molar refractivity (Wildman–Crippen MR) is 66.4 cm³/mol. The molecule has 0 aliphatic carbocycles. The summed E-state index contributed by atoms with van der Waals surface area (Å²) < 4.78 is 5.25. The highest BCUT2D eigenvalue weighted by molar-refractivity contribution is 7.16. The van der Waals surface area contributed by atoms with Crippen LogP contribution in [0.3, 0.4) is 0 Å². The molecule has 17 heavy (non-hydrogen) atoms. The van der Waals surface area contributed by atoms with Gasteiger partial charge < -0.3 is 4.74 Å². The van der Waals surface area contributed by atoms with Crippen LogP contribution in [0.2, 0.25) is 0 Å². The third kappa shape index (κ3) is 2.19. The Labute approximate surface area is 103 Å². The average molecular weight is 243 g/mol. The SMILES string of the molecule is COc1ccc(C=O)cc1-c1ccc(C#N)s1. The third-order valence-electron chi connectivity index (χ3n) is 2.34. The van der Waals surface area contributed by atoms with Gasteiger partial charge in [-0.1, -0.05) is 0 Å². The summed E-state index contributed by atoms with van der Waals surface area (Å²) in [5.74, 6) is 0.696. The maximum atomic E-state index is 10.8. The minimum absolute atomic E-state index is 0.590. The first-order valence-corrected chi connectivity index (χ1v) is 5.73. The van der Waals surface area contributed by atoms with Crippen LogP contribution in [0.4, 0.5) is 0 Å². The van der Waals surface area contributed by atoms with E-state index in [1.807, 2.05) is 6.07 Å². The van der Waals surface area contributed by atoms with Crippen LogP contribution in [0.1, 0.15) is 15.2 Å². The summed E-state index contributed by atoms with van der Waals surface area (Å²) >= 11 is 1.38. The second-order valence-corrected chi connectivity index (χ2v) is 4.44. The number of methoxy groups -OCH3 is 1. The Balaban J connectivity index is 2.56. The summed E-state index contributed by atoms with van der Waals surface area (Å²) in [6, 6.07) is 10.9. The predicted octanol–water partition coefficient (Wildman–Crippen LogP) is 3.11. The van der Waals surface area contributed by atoms with Gasteiger partial charge in [0, 0.05) is 16.0 Å². The van der Waals surface area contributed by atoms with Crippen LogP contribution in [0.15, 0.2) is 30.3 Å². The van der Waals surface area contributed by atoms with Crippen LogP contribution in [0.5, 0.6) is 5.75 Å². The Hall–Kier alpha value is -2.12. The van der Waals surface area contributed by atoms with Crippen molar-refractivity contribution in [2.45, 2.75) is 0 Å². The van der Waals surface area contributed by atoms with E-state index in [0.29, 0.717) is 16.2 Å². The van der Waals surface area contributed by atoms with Crippen LogP contribution in [0, 0.1) is 11.3 Å². The van der Waals surface area contributed by atoms with Gasteiger partial charge in [-0.3, -0.25) is 4.79 Å². The van der Waals surface area contributed by atoms with Crippen molar-refractivity contribution in [1.29, 1.82) is 5.26 Å². The zero-order valence-corrected chi connectivity index (χ0v) is 9.95. The van der Waals surface area contributed by atoms with Crippen molar-refractivity contribution in [2.24, 2.45) is 0 Å². The molecule has 0 aliphatic heterocycles. The standard InChI is InChI=1S/C13H9NO2S/c1-16-12-4-2-9(8-15)6-11(12)13-5-3-10(7-14)17-13/h2-6,8H,1H3. The lowest BCUT2D eigenvalue weighted by Gasteiger charge is -2.06. The Morgan fingerprint density at radius 1 is 1.35 bits per heavy atom. The van der Waals surface area contributed by atoms with Crippen molar-refractivity contribution in [3.8, 4) is 22.3 Å². The third-order valence-corrected chi connectivity index (χ3v) is 3.36. The molecule has 84 valence electrons. The Bertz CT molecular complexity index is 596. The lowest BCUT2D eigenvalue weighted by atomic mass is 10.1. The molecule has 1 aromatic heterocycles. The molecule has 2 aromatic rings. The fraction of sp³-hybridized carbons (Fsp3) is 0.0769. The number of ether oxygens (including phenoxy) is 1. The number of rotatable bonds is 3. The minimum Gasteiger partial charge on any atom is -0.496 e.